The Morgan fingerprint density at radius 2 is 1.35 bits per heavy atom. The first kappa shape index (κ1) is 33.0. The Morgan fingerprint density at radius 3 is 1.71 bits per heavy atom. The average Bonchev–Trinajstić information content (AvgIpc) is 3.48. The molecule has 1 unspecified atom stereocenters. The van der Waals surface area contributed by atoms with Crippen LogP contribution in [0.2, 0.25) is 0 Å². The number of nitrogens with one attached hydrogen (secondary N) is 2. The van der Waals surface area contributed by atoms with Crippen molar-refractivity contribution in [2.24, 2.45) is 0 Å². The Kier molecular flexibility index (Phi) is 21.0. The molecule has 12 heteroatoms. The van der Waals surface area contributed by atoms with E-state index in [-0.39, 0.29) is 17.1 Å². The number of carboxylic acids is 3. The van der Waals surface area contributed by atoms with E-state index in [0.717, 1.165) is 31.4 Å². The number of unbranched alkanes of at least 4 members (excludes halogenated alkanes) is 5. The van der Waals surface area contributed by atoms with Crippen LogP contribution in [0.25, 0.3) is 12.2 Å². The minimum Gasteiger partial charge on any atom is -0.545 e. The van der Waals surface area contributed by atoms with Gasteiger partial charge in [-0.05, 0) is 30.7 Å². The van der Waals surface area contributed by atoms with Gasteiger partial charge >= 0.3 is 23.0 Å². The molecule has 1 atom stereocenters. The van der Waals surface area contributed by atoms with Gasteiger partial charge in [0.05, 0.1) is 36.0 Å². The molecule has 2 rings (SSSR count). The minimum absolute atomic E-state index is 0. The summed E-state index contributed by atoms with van der Waals surface area (Å²) < 4.78 is 0. The van der Waals surface area contributed by atoms with E-state index in [1.54, 1.807) is 12.4 Å². The van der Waals surface area contributed by atoms with Gasteiger partial charge in [-0.15, -0.1) is 0 Å². The number of carbonyl (C=O) groups is 3. The molecule has 0 aliphatic carbocycles. The smallest absolute Gasteiger partial charge is 0.545 e. The van der Waals surface area contributed by atoms with E-state index in [1.807, 2.05) is 0 Å². The number of H-pyrrole nitrogens is 2. The Hall–Kier alpha value is -3.21. The molecule has 0 spiro atoms. The summed E-state index contributed by atoms with van der Waals surface area (Å²) in [7, 11) is 0. The van der Waals surface area contributed by atoms with E-state index >= 15 is 0 Å². The van der Waals surface area contributed by atoms with Crippen LogP contribution in [0.5, 0.6) is 0 Å². The number of carbonyl (C=O) groups excluding carboxylic acids is 2. The number of nitrogens with zero attached hydrogens (tertiary/aromatic N) is 2. The standard InChI is InChI=1S/C10H20O3.2C6H6N2O2.Se/c1-2-3-4-5-6-7-8-9(11)10(12)13;2*9-6(10)2-1-5-3-7-4-8-5;/h9,11H,2-8H2,1H3,(H,12,13);2*1-4H,(H,7,8)(H,9,10);/q;;;+2/p-2. The van der Waals surface area contributed by atoms with Gasteiger partial charge < -0.3 is 40.0 Å². The topological polar surface area (TPSA) is 195 Å². The summed E-state index contributed by atoms with van der Waals surface area (Å²) in [5.41, 5.74) is 1.15. The minimum atomic E-state index is -1.22. The molecule has 34 heavy (non-hydrogen) atoms. The predicted octanol–water partition coefficient (Wildman–Crippen LogP) is 0.147. The third-order valence-electron chi connectivity index (χ3n) is 3.94. The zero-order valence-electron chi connectivity index (χ0n) is 18.9. The molecule has 0 fully saturated rings. The van der Waals surface area contributed by atoms with Gasteiger partial charge in [0, 0.05) is 12.4 Å². The van der Waals surface area contributed by atoms with Crippen molar-refractivity contribution in [3.05, 3.63) is 48.6 Å². The van der Waals surface area contributed by atoms with Crippen molar-refractivity contribution in [2.45, 2.75) is 58.0 Å². The average molecular weight is 541 g/mol. The first-order valence-electron chi connectivity index (χ1n) is 10.4. The molecule has 11 nitrogen and oxygen atoms in total. The van der Waals surface area contributed by atoms with Crippen molar-refractivity contribution >= 4 is 47.1 Å². The summed E-state index contributed by atoms with van der Waals surface area (Å²) in [6.45, 7) is 2.16. The van der Waals surface area contributed by atoms with Crippen molar-refractivity contribution < 1.29 is 34.8 Å². The third kappa shape index (κ3) is 20.7. The molecule has 2 aromatic rings. The van der Waals surface area contributed by atoms with E-state index in [1.165, 1.54) is 44.1 Å². The van der Waals surface area contributed by atoms with Crippen LogP contribution in [0.4, 0.5) is 0 Å². The van der Waals surface area contributed by atoms with Crippen molar-refractivity contribution in [1.29, 1.82) is 0 Å². The molecular weight excluding hydrogens is 511 g/mol. The number of aliphatic carboxylic acids is 3. The molecule has 0 aromatic carbocycles. The van der Waals surface area contributed by atoms with E-state index in [4.69, 9.17) is 10.2 Å². The molecule has 186 valence electrons. The molecule has 4 radical (unpaired) electrons. The quantitative estimate of drug-likeness (QED) is 0.164. The van der Waals surface area contributed by atoms with Gasteiger partial charge in [-0.2, -0.15) is 0 Å². The van der Waals surface area contributed by atoms with Gasteiger partial charge in [0.25, 0.3) is 0 Å². The summed E-state index contributed by atoms with van der Waals surface area (Å²) >= 11 is 0. The van der Waals surface area contributed by atoms with Crippen LogP contribution in [0.1, 0.15) is 63.3 Å². The van der Waals surface area contributed by atoms with E-state index < -0.39 is 24.0 Å². The first-order valence-corrected chi connectivity index (χ1v) is 10.4. The SMILES string of the molecule is CCCCCCCCC(O)C(=O)O.O=C([O-])C=Cc1c[nH]cn1.O=C([O-])C=Cc1c[nH]cn1.[Se+2]. The number of aliphatic hydroxyl groups excluding tert-OH is 1. The van der Waals surface area contributed by atoms with Crippen molar-refractivity contribution in [3.63, 3.8) is 0 Å². The van der Waals surface area contributed by atoms with E-state index in [0.29, 0.717) is 17.8 Å². The van der Waals surface area contributed by atoms with Crippen LogP contribution in [0.15, 0.2) is 37.2 Å². The van der Waals surface area contributed by atoms with Crippen molar-refractivity contribution in [3.8, 4) is 0 Å². The van der Waals surface area contributed by atoms with Crippen molar-refractivity contribution in [1.82, 2.24) is 19.9 Å². The molecule has 2 aromatic heterocycles. The molecule has 0 saturated heterocycles. The number of hydrogen-bond donors (Lipinski definition) is 4. The fraction of sp³-hybridized carbons (Fsp3) is 0.409. The van der Waals surface area contributed by atoms with Crippen molar-refractivity contribution in [2.75, 3.05) is 0 Å². The van der Waals surface area contributed by atoms with Gasteiger partial charge in [0.1, 0.15) is 0 Å². The van der Waals surface area contributed by atoms with Gasteiger partial charge in [0.2, 0.25) is 0 Å². The number of rotatable bonds is 12. The summed E-state index contributed by atoms with van der Waals surface area (Å²) in [4.78, 5) is 42.8. The Balaban J connectivity index is 0. The van der Waals surface area contributed by atoms with Gasteiger partial charge in [-0.3, -0.25) is 0 Å². The second-order valence-electron chi connectivity index (χ2n) is 6.70. The number of hydrogen-bond acceptors (Lipinski definition) is 8. The van der Waals surface area contributed by atoms with Gasteiger partial charge in [-0.1, -0.05) is 45.4 Å². The van der Waals surface area contributed by atoms with Gasteiger partial charge in [-0.25, -0.2) is 14.8 Å². The molecule has 2 heterocycles. The second-order valence-corrected chi connectivity index (χ2v) is 6.70. The monoisotopic (exact) mass is 542 g/mol. The molecule has 0 aliphatic rings. The van der Waals surface area contributed by atoms with Crippen LogP contribution in [-0.2, 0) is 14.4 Å². The number of carboxylic acid groups (broad SMARTS) is 3. The zero-order chi connectivity index (χ0) is 24.9. The maximum atomic E-state index is 10.2. The first-order chi connectivity index (χ1) is 15.8. The fourth-order valence-corrected chi connectivity index (χ4v) is 2.27. The number of imidazole rings is 2. The van der Waals surface area contributed by atoms with E-state index in [9.17, 15) is 24.6 Å². The van der Waals surface area contributed by atoms with Gasteiger partial charge in [0.15, 0.2) is 6.10 Å². The van der Waals surface area contributed by atoms with Crippen LogP contribution in [0, 0.1) is 0 Å². The normalized spacial score (nSPS) is 11.0. The number of aliphatic hydroxyl groups is 1. The number of aromatic nitrogens is 4. The van der Waals surface area contributed by atoms with E-state index in [2.05, 4.69) is 26.9 Å². The predicted molar refractivity (Wildman–Crippen MR) is 123 cm³/mol. The fourth-order valence-electron chi connectivity index (χ4n) is 2.27. The molecular formula is C22H30N4O7Se. The maximum absolute atomic E-state index is 10.2. The second kappa shape index (κ2) is 21.6. The molecule has 0 aliphatic heterocycles. The Morgan fingerprint density at radius 1 is 0.912 bits per heavy atom. The molecule has 0 amide bonds. The molecule has 0 saturated carbocycles. The Bertz CT molecular complexity index is 783. The zero-order valence-corrected chi connectivity index (χ0v) is 20.6. The van der Waals surface area contributed by atoms with Crippen LogP contribution in [-0.4, -0.2) is 71.2 Å². The summed E-state index contributed by atoms with van der Waals surface area (Å²) in [6.07, 6.45) is 16.6. The van der Waals surface area contributed by atoms with Crippen LogP contribution in [0.3, 0.4) is 0 Å². The summed E-state index contributed by atoms with van der Waals surface area (Å²) in [5.74, 6) is -3.54. The van der Waals surface area contributed by atoms with Crippen LogP contribution < -0.4 is 10.2 Å². The number of aromatic amines is 2. The maximum Gasteiger partial charge on any atom is 2.00 e. The summed E-state index contributed by atoms with van der Waals surface area (Å²) in [5, 5.41) is 37.0. The van der Waals surface area contributed by atoms with Crippen LogP contribution >= 0.6 is 0 Å². The Labute approximate surface area is 208 Å². The summed E-state index contributed by atoms with van der Waals surface area (Å²) in [6, 6.07) is 0. The molecule has 4 N–H and O–H groups in total. The molecule has 0 bridgehead atoms. The largest absolute Gasteiger partial charge is 2.00 e. The third-order valence-corrected chi connectivity index (χ3v) is 3.94.